The lowest BCUT2D eigenvalue weighted by Crippen LogP contribution is -2.10. The first-order valence-electron chi connectivity index (χ1n) is 12.8. The molecule has 0 aliphatic heterocycles. The zero-order valence-electron chi connectivity index (χ0n) is 21.3. The molecule has 0 aliphatic carbocycles. The van der Waals surface area contributed by atoms with Crippen LogP contribution in [0.25, 0.3) is 28.2 Å². The molecule has 0 fully saturated rings. The van der Waals surface area contributed by atoms with E-state index in [4.69, 9.17) is 10.2 Å². The van der Waals surface area contributed by atoms with Gasteiger partial charge in [0.05, 0.1) is 5.69 Å². The zero-order valence-corrected chi connectivity index (χ0v) is 21.3. The van der Waals surface area contributed by atoms with E-state index < -0.39 is 0 Å². The Balaban J connectivity index is 1.97. The van der Waals surface area contributed by atoms with E-state index in [0.29, 0.717) is 11.8 Å². The van der Waals surface area contributed by atoms with Crippen molar-refractivity contribution in [3.05, 3.63) is 89.7 Å². The molecule has 176 valence electrons. The highest BCUT2D eigenvalue weighted by Crippen LogP contribution is 2.36. The Labute approximate surface area is 204 Å². The van der Waals surface area contributed by atoms with Crippen LogP contribution in [0.3, 0.4) is 0 Å². The van der Waals surface area contributed by atoms with Gasteiger partial charge in [0.25, 0.3) is 0 Å². The van der Waals surface area contributed by atoms with Crippen LogP contribution in [-0.2, 0) is 0 Å². The van der Waals surface area contributed by atoms with Crippen molar-refractivity contribution in [2.24, 2.45) is 0 Å². The number of hydrogen-bond donors (Lipinski definition) is 0. The molecule has 4 aromatic rings. The number of aryl methyl sites for hydroxylation is 1. The quantitative estimate of drug-likeness (QED) is 0.255. The van der Waals surface area contributed by atoms with Crippen LogP contribution < -0.4 is 0 Å². The van der Waals surface area contributed by atoms with Gasteiger partial charge in [-0.15, -0.1) is 10.2 Å². The van der Waals surface area contributed by atoms with Crippen molar-refractivity contribution in [3.63, 3.8) is 0 Å². The fraction of sp³-hybridized carbons (Fsp3) is 0.355. The van der Waals surface area contributed by atoms with Gasteiger partial charge in [-0.05, 0) is 55.0 Å². The highest BCUT2D eigenvalue weighted by atomic mass is 15.3. The lowest BCUT2D eigenvalue weighted by molar-refractivity contribution is 0.535. The summed E-state index contributed by atoms with van der Waals surface area (Å²) in [5, 5.41) is 9.65. The van der Waals surface area contributed by atoms with Crippen LogP contribution >= 0.6 is 0 Å². The monoisotopic (exact) mass is 451 g/mol. The molecule has 0 amide bonds. The lowest BCUT2D eigenvalue weighted by atomic mass is 9.96. The minimum absolute atomic E-state index is 0.374. The van der Waals surface area contributed by atoms with Crippen LogP contribution in [0.1, 0.15) is 82.2 Å². The normalized spacial score (nSPS) is 12.3. The van der Waals surface area contributed by atoms with Gasteiger partial charge in [0, 0.05) is 17.0 Å². The number of hydrogen-bond acceptors (Lipinski definition) is 2. The maximum Gasteiger partial charge on any atom is 0.168 e. The van der Waals surface area contributed by atoms with Gasteiger partial charge in [-0.3, -0.25) is 4.57 Å². The summed E-state index contributed by atoms with van der Waals surface area (Å²) in [4.78, 5) is 0. The zero-order chi connectivity index (χ0) is 24.1. The van der Waals surface area contributed by atoms with Crippen molar-refractivity contribution >= 4 is 0 Å². The molecule has 1 heterocycles. The first-order chi connectivity index (χ1) is 16.5. The third kappa shape index (κ3) is 4.99. The van der Waals surface area contributed by atoms with Crippen molar-refractivity contribution in [3.8, 4) is 28.2 Å². The SMILES string of the molecule is CCCCC(CC)c1nnc(-c2cccc(C(C)C)c2)n1-c1ccc(C)cc1-c1ccccc1. The molecule has 0 N–H and O–H groups in total. The molecule has 34 heavy (non-hydrogen) atoms. The first-order valence-corrected chi connectivity index (χ1v) is 12.8. The number of nitrogens with zero attached hydrogens (tertiary/aromatic N) is 3. The largest absolute Gasteiger partial charge is 0.278 e. The maximum atomic E-state index is 4.84. The standard InChI is InChI=1S/C31H37N3/c1-6-8-13-24(7-2)30-32-33-31(27-17-12-16-26(21-27)22(3)4)34(30)29-19-18-23(5)20-28(29)25-14-10-9-11-15-25/h9-12,14-22,24H,6-8,13H2,1-5H3. The summed E-state index contributed by atoms with van der Waals surface area (Å²) in [5.74, 6) is 2.83. The molecule has 0 bridgehead atoms. The highest BCUT2D eigenvalue weighted by Gasteiger charge is 2.24. The van der Waals surface area contributed by atoms with Crippen molar-refractivity contribution < 1.29 is 0 Å². The summed E-state index contributed by atoms with van der Waals surface area (Å²) in [7, 11) is 0. The highest BCUT2D eigenvalue weighted by molar-refractivity contribution is 5.76. The molecule has 3 heteroatoms. The molecular weight excluding hydrogens is 414 g/mol. The Hall–Kier alpha value is -3.20. The molecule has 3 aromatic carbocycles. The van der Waals surface area contributed by atoms with Gasteiger partial charge >= 0.3 is 0 Å². The van der Waals surface area contributed by atoms with Crippen molar-refractivity contribution in [1.82, 2.24) is 14.8 Å². The molecule has 0 aliphatic rings. The fourth-order valence-electron chi connectivity index (χ4n) is 4.68. The summed E-state index contributed by atoms with van der Waals surface area (Å²) in [6.07, 6.45) is 4.57. The van der Waals surface area contributed by atoms with Crippen LogP contribution in [0.15, 0.2) is 72.8 Å². The Morgan fingerprint density at radius 1 is 0.824 bits per heavy atom. The summed E-state index contributed by atoms with van der Waals surface area (Å²) >= 11 is 0. The summed E-state index contributed by atoms with van der Waals surface area (Å²) in [5.41, 5.74) is 7.27. The molecular formula is C31H37N3. The van der Waals surface area contributed by atoms with Gasteiger partial charge < -0.3 is 0 Å². The average molecular weight is 452 g/mol. The third-order valence-corrected chi connectivity index (χ3v) is 6.74. The van der Waals surface area contributed by atoms with E-state index in [1.807, 2.05) is 0 Å². The number of unbranched alkanes of at least 4 members (excludes halogenated alkanes) is 1. The molecule has 1 aromatic heterocycles. The number of aromatic nitrogens is 3. The van der Waals surface area contributed by atoms with E-state index in [9.17, 15) is 0 Å². The van der Waals surface area contributed by atoms with Gasteiger partial charge in [0.2, 0.25) is 0 Å². The third-order valence-electron chi connectivity index (χ3n) is 6.74. The number of benzene rings is 3. The number of rotatable bonds is 9. The van der Waals surface area contributed by atoms with Crippen molar-refractivity contribution in [1.29, 1.82) is 0 Å². The van der Waals surface area contributed by atoms with E-state index in [1.165, 1.54) is 35.1 Å². The fourth-order valence-corrected chi connectivity index (χ4v) is 4.68. The Kier molecular flexibility index (Phi) is 7.62. The minimum atomic E-state index is 0.374. The maximum absolute atomic E-state index is 4.84. The second-order valence-electron chi connectivity index (χ2n) is 9.63. The van der Waals surface area contributed by atoms with Gasteiger partial charge in [-0.2, -0.15) is 0 Å². The molecule has 4 rings (SSSR count). The predicted octanol–water partition coefficient (Wildman–Crippen LogP) is 8.72. The van der Waals surface area contributed by atoms with Gasteiger partial charge in [-0.1, -0.05) is 101 Å². The predicted molar refractivity (Wildman–Crippen MR) is 144 cm³/mol. The van der Waals surface area contributed by atoms with Gasteiger partial charge in [0.15, 0.2) is 5.82 Å². The Morgan fingerprint density at radius 3 is 2.29 bits per heavy atom. The van der Waals surface area contributed by atoms with E-state index in [1.54, 1.807) is 0 Å². The lowest BCUT2D eigenvalue weighted by Gasteiger charge is -2.20. The van der Waals surface area contributed by atoms with Crippen LogP contribution in [0.5, 0.6) is 0 Å². The summed E-state index contributed by atoms with van der Waals surface area (Å²) < 4.78 is 2.34. The van der Waals surface area contributed by atoms with Gasteiger partial charge in [0.1, 0.15) is 5.82 Å². The second-order valence-corrected chi connectivity index (χ2v) is 9.63. The topological polar surface area (TPSA) is 30.7 Å². The second kappa shape index (κ2) is 10.8. The van der Waals surface area contributed by atoms with Crippen LogP contribution in [-0.4, -0.2) is 14.8 Å². The molecule has 0 spiro atoms. The van der Waals surface area contributed by atoms with Crippen molar-refractivity contribution in [2.45, 2.75) is 72.1 Å². The van der Waals surface area contributed by atoms with Crippen molar-refractivity contribution in [2.75, 3.05) is 0 Å². The summed E-state index contributed by atoms with van der Waals surface area (Å²) in [6.45, 7) is 11.2. The Morgan fingerprint density at radius 2 is 1.59 bits per heavy atom. The van der Waals surface area contributed by atoms with E-state index in [2.05, 4.69) is 112 Å². The Bertz CT molecular complexity index is 1220. The molecule has 0 radical (unpaired) electrons. The van der Waals surface area contributed by atoms with E-state index in [-0.39, 0.29) is 0 Å². The minimum Gasteiger partial charge on any atom is -0.278 e. The molecule has 1 atom stereocenters. The first kappa shape index (κ1) is 23.9. The molecule has 0 saturated carbocycles. The average Bonchev–Trinajstić information content (AvgIpc) is 3.30. The smallest absolute Gasteiger partial charge is 0.168 e. The van der Waals surface area contributed by atoms with Crippen LogP contribution in [0.2, 0.25) is 0 Å². The van der Waals surface area contributed by atoms with Crippen LogP contribution in [0.4, 0.5) is 0 Å². The van der Waals surface area contributed by atoms with E-state index >= 15 is 0 Å². The molecule has 3 nitrogen and oxygen atoms in total. The van der Waals surface area contributed by atoms with Crippen LogP contribution in [0, 0.1) is 6.92 Å². The molecule has 0 saturated heterocycles. The molecule has 1 unspecified atom stereocenters. The van der Waals surface area contributed by atoms with E-state index in [0.717, 1.165) is 35.7 Å². The van der Waals surface area contributed by atoms with Gasteiger partial charge in [-0.25, -0.2) is 0 Å². The summed E-state index contributed by atoms with van der Waals surface area (Å²) in [6, 6.07) is 26.2.